The largest absolute Gasteiger partial charge is 0.497 e. The van der Waals surface area contributed by atoms with E-state index in [1.54, 1.807) is 7.11 Å². The van der Waals surface area contributed by atoms with Crippen LogP contribution >= 0.6 is 22.7 Å². The van der Waals surface area contributed by atoms with Gasteiger partial charge in [0.1, 0.15) is 5.75 Å². The number of methoxy groups -OCH3 is 1. The molecule has 1 aliphatic rings. The van der Waals surface area contributed by atoms with Crippen LogP contribution in [0.15, 0.2) is 23.0 Å². The molecule has 0 saturated carbocycles. The molecule has 3 rings (SSSR count). The fraction of sp³-hybridized carbons (Fsp3) is 0.250. The van der Waals surface area contributed by atoms with Crippen LogP contribution in [-0.2, 0) is 12.8 Å². The van der Waals surface area contributed by atoms with Crippen LogP contribution < -0.4 is 8.79 Å². The van der Waals surface area contributed by atoms with Crippen LogP contribution in [0.5, 0.6) is 5.75 Å². The quantitative estimate of drug-likeness (QED) is 0.778. The van der Waals surface area contributed by atoms with Crippen LogP contribution in [0, 0.1) is 0 Å². The molecule has 2 nitrogen and oxygen atoms in total. The third-order valence-electron chi connectivity index (χ3n) is 2.82. The summed E-state index contributed by atoms with van der Waals surface area (Å²) in [6.45, 7) is 0. The highest BCUT2D eigenvalue weighted by Gasteiger charge is 2.19. The monoisotopic (exact) mass is 250 g/mol. The molecule has 16 heavy (non-hydrogen) atoms. The van der Waals surface area contributed by atoms with Crippen molar-refractivity contribution < 1.29 is 4.74 Å². The van der Waals surface area contributed by atoms with Gasteiger partial charge in [-0.15, -0.1) is 0 Å². The van der Waals surface area contributed by atoms with Crippen molar-refractivity contribution in [1.29, 1.82) is 0 Å². The normalized spacial score (nSPS) is 13.1. The molecule has 0 fully saturated rings. The van der Waals surface area contributed by atoms with E-state index in [9.17, 15) is 4.79 Å². The van der Waals surface area contributed by atoms with Gasteiger partial charge in [0.25, 0.3) is 4.06 Å². The zero-order valence-corrected chi connectivity index (χ0v) is 10.4. The summed E-state index contributed by atoms with van der Waals surface area (Å²) in [7, 11) is 1.68. The van der Waals surface area contributed by atoms with Crippen molar-refractivity contribution in [3.05, 3.63) is 37.5 Å². The number of aryl methyl sites for hydroxylation is 2. The molecule has 0 amide bonds. The molecule has 0 bridgehead atoms. The molecule has 0 atom stereocenters. The predicted molar refractivity (Wildman–Crippen MR) is 67.9 cm³/mol. The zero-order chi connectivity index (χ0) is 11.1. The molecule has 4 heteroatoms. The van der Waals surface area contributed by atoms with Crippen LogP contribution in [0.4, 0.5) is 0 Å². The smallest absolute Gasteiger partial charge is 0.288 e. The zero-order valence-electron chi connectivity index (χ0n) is 8.78. The third kappa shape index (κ3) is 1.49. The Morgan fingerprint density at radius 3 is 2.94 bits per heavy atom. The average molecular weight is 250 g/mol. The van der Waals surface area contributed by atoms with E-state index in [4.69, 9.17) is 4.74 Å². The molecular formula is C12H10O2S2. The van der Waals surface area contributed by atoms with Gasteiger partial charge in [0.05, 0.1) is 12.0 Å². The first-order valence-corrected chi connectivity index (χ1v) is 6.71. The molecule has 82 valence electrons. The van der Waals surface area contributed by atoms with E-state index in [2.05, 4.69) is 12.1 Å². The fourth-order valence-corrected chi connectivity index (χ4v) is 4.32. The van der Waals surface area contributed by atoms with Gasteiger partial charge in [-0.3, -0.25) is 4.79 Å². The Labute approximate surface area is 101 Å². The Bertz CT molecular complexity index is 595. The maximum Gasteiger partial charge on any atom is 0.288 e. The highest BCUT2D eigenvalue weighted by molar-refractivity contribution is 7.29. The van der Waals surface area contributed by atoms with Crippen molar-refractivity contribution in [2.24, 2.45) is 0 Å². The summed E-state index contributed by atoms with van der Waals surface area (Å²) in [6, 6.07) is 6.10. The second-order valence-electron chi connectivity index (χ2n) is 3.73. The molecule has 0 unspecified atom stereocenters. The first-order valence-electron chi connectivity index (χ1n) is 5.08. The minimum absolute atomic E-state index is 0.202. The fourth-order valence-electron chi connectivity index (χ4n) is 2.05. The highest BCUT2D eigenvalue weighted by atomic mass is 32.2. The summed E-state index contributed by atoms with van der Waals surface area (Å²) in [5, 5.41) is 0. The summed E-state index contributed by atoms with van der Waals surface area (Å²) < 4.78 is 5.42. The van der Waals surface area contributed by atoms with Crippen molar-refractivity contribution in [3.63, 3.8) is 0 Å². The molecule has 0 saturated heterocycles. The topological polar surface area (TPSA) is 26.3 Å². The summed E-state index contributed by atoms with van der Waals surface area (Å²) in [6.07, 6.45) is 1.99. The lowest BCUT2D eigenvalue weighted by atomic mass is 9.95. The Morgan fingerprint density at radius 1 is 1.25 bits per heavy atom. The third-order valence-corrected chi connectivity index (χ3v) is 5.11. The van der Waals surface area contributed by atoms with Gasteiger partial charge < -0.3 is 4.74 Å². The van der Waals surface area contributed by atoms with Gasteiger partial charge in [-0.05, 0) is 42.2 Å². The maximum absolute atomic E-state index is 11.4. The van der Waals surface area contributed by atoms with Crippen molar-refractivity contribution >= 4 is 22.7 Å². The molecule has 0 radical (unpaired) electrons. The molecule has 1 aromatic heterocycles. The lowest BCUT2D eigenvalue weighted by molar-refractivity contribution is 0.414. The average Bonchev–Trinajstić information content (AvgIpc) is 2.69. The molecule has 2 aromatic rings. The summed E-state index contributed by atoms with van der Waals surface area (Å²) in [4.78, 5) is 13.8. The second kappa shape index (κ2) is 3.71. The molecule has 0 aliphatic heterocycles. The van der Waals surface area contributed by atoms with Crippen molar-refractivity contribution in [2.75, 3.05) is 7.11 Å². The Balaban J connectivity index is 2.21. The Kier molecular flexibility index (Phi) is 2.33. The number of fused-ring (bicyclic) bond motifs is 3. The number of hydrogen-bond acceptors (Lipinski definition) is 4. The summed E-state index contributed by atoms with van der Waals surface area (Å²) in [5.74, 6) is 0.893. The molecule has 1 aromatic carbocycles. The van der Waals surface area contributed by atoms with E-state index < -0.39 is 0 Å². The van der Waals surface area contributed by atoms with E-state index in [1.807, 2.05) is 6.07 Å². The first-order chi connectivity index (χ1) is 7.78. The van der Waals surface area contributed by atoms with E-state index in [0.717, 1.165) is 18.6 Å². The van der Waals surface area contributed by atoms with E-state index in [0.29, 0.717) is 0 Å². The molecular weight excluding hydrogens is 240 g/mol. The van der Waals surface area contributed by atoms with Gasteiger partial charge in [-0.25, -0.2) is 0 Å². The van der Waals surface area contributed by atoms with E-state index in [1.165, 1.54) is 43.6 Å². The molecule has 0 spiro atoms. The number of rotatable bonds is 1. The van der Waals surface area contributed by atoms with Crippen LogP contribution in [0.3, 0.4) is 0 Å². The van der Waals surface area contributed by atoms with E-state index >= 15 is 0 Å². The number of hydrogen-bond donors (Lipinski definition) is 0. The molecule has 1 heterocycles. The Morgan fingerprint density at radius 2 is 2.12 bits per heavy atom. The summed E-state index contributed by atoms with van der Waals surface area (Å²) in [5.41, 5.74) is 2.51. The predicted octanol–water partition coefficient (Wildman–Crippen LogP) is 2.94. The lowest BCUT2D eigenvalue weighted by Crippen LogP contribution is -2.00. The number of benzene rings is 1. The Hall–Kier alpha value is -1.13. The van der Waals surface area contributed by atoms with Crippen molar-refractivity contribution in [2.45, 2.75) is 12.8 Å². The minimum atomic E-state index is 0.202. The van der Waals surface area contributed by atoms with E-state index in [-0.39, 0.29) is 4.06 Å². The van der Waals surface area contributed by atoms with Gasteiger partial charge in [0.15, 0.2) is 0 Å². The molecule has 0 N–H and O–H groups in total. The molecule has 1 aliphatic carbocycles. The van der Waals surface area contributed by atoms with Gasteiger partial charge in [-0.1, -0.05) is 22.7 Å². The van der Waals surface area contributed by atoms with Crippen LogP contribution in [0.1, 0.15) is 10.4 Å². The minimum Gasteiger partial charge on any atom is -0.497 e. The second-order valence-corrected chi connectivity index (χ2v) is 6.04. The lowest BCUT2D eigenvalue weighted by Gasteiger charge is -2.15. The van der Waals surface area contributed by atoms with Crippen LogP contribution in [0.25, 0.3) is 10.4 Å². The standard InChI is InChI=1S/C12H10O2S2/c1-14-8-3-4-9-7(6-8)2-5-10-11(9)16-12(13)15-10/h3-4,6H,2,5H2,1H3. The van der Waals surface area contributed by atoms with Crippen LogP contribution in [-0.4, -0.2) is 7.11 Å². The van der Waals surface area contributed by atoms with Gasteiger partial charge in [-0.2, -0.15) is 0 Å². The maximum atomic E-state index is 11.4. The van der Waals surface area contributed by atoms with Crippen LogP contribution in [0.2, 0.25) is 0 Å². The van der Waals surface area contributed by atoms with Crippen molar-refractivity contribution in [1.82, 2.24) is 0 Å². The first kappa shape index (κ1) is 10.1. The van der Waals surface area contributed by atoms with Gasteiger partial charge in [0, 0.05) is 4.88 Å². The summed E-state index contributed by atoms with van der Waals surface area (Å²) >= 11 is 2.76. The van der Waals surface area contributed by atoms with Gasteiger partial charge in [0.2, 0.25) is 0 Å². The SMILES string of the molecule is COc1ccc2c(c1)CCc1sc(=O)sc1-2. The number of ether oxygens (including phenoxy) is 1. The van der Waals surface area contributed by atoms with Crippen molar-refractivity contribution in [3.8, 4) is 16.2 Å². The van der Waals surface area contributed by atoms with Gasteiger partial charge >= 0.3 is 0 Å². The highest BCUT2D eigenvalue weighted by Crippen LogP contribution is 2.38.